The van der Waals surface area contributed by atoms with Crippen molar-refractivity contribution >= 4 is 29.4 Å². The normalized spacial score (nSPS) is 40.0. The van der Waals surface area contributed by atoms with Crippen LogP contribution < -0.4 is 0 Å². The highest BCUT2D eigenvalue weighted by atomic mass is 16.7. The van der Waals surface area contributed by atoms with Gasteiger partial charge in [0.2, 0.25) is 5.79 Å². The number of aliphatic hydroxyl groups excluding tert-OH is 3. The van der Waals surface area contributed by atoms with Gasteiger partial charge in [0.25, 0.3) is 11.7 Å². The molecule has 0 aromatic rings. The Morgan fingerprint density at radius 2 is 1.63 bits per heavy atom. The van der Waals surface area contributed by atoms with E-state index in [1.165, 1.54) is 14.2 Å². The van der Waals surface area contributed by atoms with Gasteiger partial charge in [-0.3, -0.25) is 19.2 Å². The van der Waals surface area contributed by atoms with Crippen LogP contribution in [0.15, 0.2) is 23.3 Å². The summed E-state index contributed by atoms with van der Waals surface area (Å²) < 4.78 is 23.4. The number of allylic oxidation sites excluding steroid dienone is 3. The lowest BCUT2D eigenvalue weighted by molar-refractivity contribution is -0.301. The molecule has 4 rings (SSSR count). The number of carboxylic acids is 1. The van der Waals surface area contributed by atoms with Crippen molar-refractivity contribution in [3.8, 4) is 0 Å². The van der Waals surface area contributed by atoms with Gasteiger partial charge in [-0.15, -0.1) is 0 Å². The quantitative estimate of drug-likeness (QED) is 0.134. The van der Waals surface area contributed by atoms with Crippen LogP contribution in [0, 0.1) is 29.6 Å². The van der Waals surface area contributed by atoms with E-state index in [2.05, 4.69) is 0 Å². The van der Waals surface area contributed by atoms with Crippen molar-refractivity contribution in [3.05, 3.63) is 23.3 Å². The standard InChI is InChI=1S/C44H69NO14/c1-24-17-25(2)19-35(49)40-37(57-7)21-27(4)44(55,59-40)41(52)42(53)45-16-9-8-12-31(45)43(54)58-39(26(3)20-29-14-15-32(46)36(22-29)56-6)28(5)33(47)23-34(48)30(18-24)11-10-13-38(50)51/h18,20,25,27-33,35-37,39-40,46-47,49,55H,8-17,19,21-23H2,1-7H3,(H,50,51)/b24-18+,26-20+/t25-,27+,28+,29-,30+,31-,32+,33-,35-,36+,37-,39+,40+,44+/m0/s1. The summed E-state index contributed by atoms with van der Waals surface area (Å²) >= 11 is 0. The maximum absolute atomic E-state index is 14.3. The van der Waals surface area contributed by atoms with Gasteiger partial charge in [0, 0.05) is 51.4 Å². The van der Waals surface area contributed by atoms with E-state index in [0.717, 1.165) is 10.5 Å². The molecule has 3 aliphatic heterocycles. The molecular formula is C44H69NO14. The first-order valence-electron chi connectivity index (χ1n) is 21.5. The number of fused-ring (bicyclic) bond motifs is 3. The van der Waals surface area contributed by atoms with Crippen molar-refractivity contribution in [1.29, 1.82) is 0 Å². The van der Waals surface area contributed by atoms with Gasteiger partial charge in [-0.05, 0) is 102 Å². The summed E-state index contributed by atoms with van der Waals surface area (Å²) in [4.78, 5) is 69.1. The monoisotopic (exact) mass is 835 g/mol. The van der Waals surface area contributed by atoms with Gasteiger partial charge in [0.1, 0.15) is 24.0 Å². The number of esters is 1. The van der Waals surface area contributed by atoms with Crippen LogP contribution >= 0.6 is 0 Å². The number of aliphatic hydroxyl groups is 4. The number of ketones is 2. The zero-order valence-electron chi connectivity index (χ0n) is 35.9. The Morgan fingerprint density at radius 1 is 0.932 bits per heavy atom. The van der Waals surface area contributed by atoms with Gasteiger partial charge in [-0.1, -0.05) is 38.5 Å². The number of carbonyl (C=O) groups excluding carboxylic acids is 4. The van der Waals surface area contributed by atoms with Gasteiger partial charge in [-0.2, -0.15) is 0 Å². The number of hydrogen-bond acceptors (Lipinski definition) is 13. The molecule has 4 aliphatic rings. The molecule has 1 amide bonds. The highest BCUT2D eigenvalue weighted by Gasteiger charge is 2.56. The maximum Gasteiger partial charge on any atom is 0.329 e. The number of Topliss-reactive ketones (excluding diaryl/α,β-unsaturated/α-hetero) is 2. The molecule has 1 saturated carbocycles. The molecule has 3 fully saturated rings. The molecule has 334 valence electrons. The number of cyclic esters (lactones) is 1. The zero-order chi connectivity index (χ0) is 43.8. The predicted molar refractivity (Wildman–Crippen MR) is 214 cm³/mol. The fourth-order valence-electron chi connectivity index (χ4n) is 9.56. The SMILES string of the molecule is CO[C@H]1C[C@@H](C)[C@@]2(O)O[C@@H]1[C@@H](O)C[C@@H](C)C/C(C)=C/[C@@H](CCCC(=O)O)C(=O)C[C@H](O)[C@@H](C)[C@@H](/C(C)=C/[C@@H]1CC[C@@H](O)[C@H](OC)C1)OC(=O)[C@@H]1CCCCN1C(=O)C2=O. The molecule has 1 aliphatic carbocycles. The molecule has 5 N–H and O–H groups in total. The molecule has 2 bridgehead atoms. The summed E-state index contributed by atoms with van der Waals surface area (Å²) in [5.74, 6) is -9.83. The van der Waals surface area contributed by atoms with E-state index in [9.17, 15) is 49.5 Å². The minimum Gasteiger partial charge on any atom is -0.481 e. The fraction of sp³-hybridized carbons (Fsp3) is 0.795. The highest BCUT2D eigenvalue weighted by molar-refractivity contribution is 6.39. The Bertz CT molecular complexity index is 1550. The van der Waals surface area contributed by atoms with Crippen molar-refractivity contribution in [2.75, 3.05) is 20.8 Å². The lowest BCUT2D eigenvalue weighted by atomic mass is 9.81. The Morgan fingerprint density at radius 3 is 2.29 bits per heavy atom. The van der Waals surface area contributed by atoms with Crippen LogP contribution in [0.1, 0.15) is 118 Å². The van der Waals surface area contributed by atoms with Gasteiger partial charge < -0.3 is 49.4 Å². The van der Waals surface area contributed by atoms with Crippen LogP contribution in [0.5, 0.6) is 0 Å². The van der Waals surface area contributed by atoms with Crippen LogP contribution in [-0.4, -0.2) is 135 Å². The van der Waals surface area contributed by atoms with E-state index < -0.39 is 95.9 Å². The topological polar surface area (TPSA) is 227 Å². The summed E-state index contributed by atoms with van der Waals surface area (Å²) in [5, 5.41) is 54.9. The Balaban J connectivity index is 1.77. The number of methoxy groups -OCH3 is 2. The maximum atomic E-state index is 14.3. The van der Waals surface area contributed by atoms with E-state index in [0.29, 0.717) is 44.1 Å². The second-order valence-electron chi connectivity index (χ2n) is 17.8. The minimum atomic E-state index is -2.63. The van der Waals surface area contributed by atoms with E-state index in [1.54, 1.807) is 26.8 Å². The molecule has 0 aromatic heterocycles. The average molecular weight is 836 g/mol. The smallest absolute Gasteiger partial charge is 0.329 e. The van der Waals surface area contributed by atoms with Gasteiger partial charge in [-0.25, -0.2) is 4.79 Å². The number of piperidine rings is 1. The second kappa shape index (κ2) is 21.7. The van der Waals surface area contributed by atoms with Crippen LogP contribution in [0.2, 0.25) is 0 Å². The Hall–Kier alpha value is -3.05. The zero-order valence-corrected chi connectivity index (χ0v) is 35.9. The lowest BCUT2D eigenvalue weighted by Crippen LogP contribution is -2.64. The van der Waals surface area contributed by atoms with E-state index >= 15 is 0 Å². The summed E-state index contributed by atoms with van der Waals surface area (Å²) in [6.07, 6.45) is 0.722. The number of amides is 1. The molecule has 15 heteroatoms. The van der Waals surface area contributed by atoms with Crippen LogP contribution in [0.4, 0.5) is 0 Å². The van der Waals surface area contributed by atoms with Crippen molar-refractivity contribution in [3.63, 3.8) is 0 Å². The first-order valence-corrected chi connectivity index (χ1v) is 21.5. The number of carbonyl (C=O) groups is 5. The third kappa shape index (κ3) is 12.3. The van der Waals surface area contributed by atoms with Gasteiger partial charge in [0.05, 0.1) is 30.5 Å². The molecule has 0 radical (unpaired) electrons. The number of aliphatic carboxylic acids is 1. The molecule has 2 saturated heterocycles. The number of nitrogens with zero attached hydrogens (tertiary/aromatic N) is 1. The van der Waals surface area contributed by atoms with Crippen molar-refractivity contribution < 1.29 is 68.5 Å². The van der Waals surface area contributed by atoms with Crippen molar-refractivity contribution in [2.45, 2.75) is 173 Å². The minimum absolute atomic E-state index is 0.0314. The van der Waals surface area contributed by atoms with Crippen LogP contribution in [0.3, 0.4) is 0 Å². The van der Waals surface area contributed by atoms with Gasteiger partial charge in [0.15, 0.2) is 0 Å². The number of ether oxygens (including phenoxy) is 4. The average Bonchev–Trinajstić information content (AvgIpc) is 3.19. The molecule has 15 nitrogen and oxygen atoms in total. The lowest BCUT2D eigenvalue weighted by Gasteiger charge is -2.46. The largest absolute Gasteiger partial charge is 0.481 e. The third-order valence-corrected chi connectivity index (χ3v) is 13.1. The summed E-state index contributed by atoms with van der Waals surface area (Å²) in [6.45, 7) is 8.76. The molecule has 14 atom stereocenters. The first kappa shape index (κ1) is 48.6. The highest BCUT2D eigenvalue weighted by Crippen LogP contribution is 2.39. The Labute approximate surface area is 348 Å². The predicted octanol–water partition coefficient (Wildman–Crippen LogP) is 3.66. The fourth-order valence-corrected chi connectivity index (χ4v) is 9.56. The van der Waals surface area contributed by atoms with Crippen molar-refractivity contribution in [2.24, 2.45) is 29.6 Å². The molecule has 0 aromatic carbocycles. The van der Waals surface area contributed by atoms with Crippen molar-refractivity contribution in [1.82, 2.24) is 4.90 Å². The van der Waals surface area contributed by atoms with E-state index in [4.69, 9.17) is 18.9 Å². The second-order valence-corrected chi connectivity index (χ2v) is 17.8. The van der Waals surface area contributed by atoms with Gasteiger partial charge >= 0.3 is 11.9 Å². The molecule has 0 unspecified atom stereocenters. The molecular weight excluding hydrogens is 766 g/mol. The van der Waals surface area contributed by atoms with E-state index in [-0.39, 0.29) is 69.1 Å². The number of carboxylic acid groups (broad SMARTS) is 1. The molecule has 0 spiro atoms. The van der Waals surface area contributed by atoms with E-state index in [1.807, 2.05) is 19.9 Å². The third-order valence-electron chi connectivity index (χ3n) is 13.1. The summed E-state index contributed by atoms with van der Waals surface area (Å²) in [5.41, 5.74) is 1.40. The summed E-state index contributed by atoms with van der Waals surface area (Å²) in [6, 6.07) is -1.21. The van der Waals surface area contributed by atoms with Crippen LogP contribution in [-0.2, 0) is 42.9 Å². The first-order chi connectivity index (χ1) is 27.8. The summed E-state index contributed by atoms with van der Waals surface area (Å²) in [7, 11) is 2.97. The number of hydrogen-bond donors (Lipinski definition) is 5. The molecule has 3 heterocycles. The number of rotatable bonds is 8. The Kier molecular flexibility index (Phi) is 17.8. The van der Waals surface area contributed by atoms with Crippen LogP contribution in [0.25, 0.3) is 0 Å². The molecule has 59 heavy (non-hydrogen) atoms.